The molecular weight excluding hydrogens is 273 g/mol. The zero-order valence-corrected chi connectivity index (χ0v) is 13.3. The van der Waals surface area contributed by atoms with E-state index in [4.69, 9.17) is 0 Å². The van der Waals surface area contributed by atoms with Gasteiger partial charge in [-0.3, -0.25) is 0 Å². The Hall–Kier alpha value is -2.00. The molecule has 0 bridgehead atoms. The minimum atomic E-state index is 0.926. The minimum absolute atomic E-state index is 0.926. The van der Waals surface area contributed by atoms with Gasteiger partial charge in [0.05, 0.1) is 0 Å². The Morgan fingerprint density at radius 2 is 2.10 bits per heavy atom. The predicted molar refractivity (Wildman–Crippen MR) is 99.7 cm³/mol. The lowest BCUT2D eigenvalue weighted by Gasteiger charge is -2.08. The van der Waals surface area contributed by atoms with Crippen molar-refractivity contribution in [1.29, 1.82) is 0 Å². The van der Waals surface area contributed by atoms with Gasteiger partial charge in [0.15, 0.2) is 0 Å². The fraction of sp³-hybridized carbons (Fsp3) is 0.111. The quantitative estimate of drug-likeness (QED) is 0.561. The van der Waals surface area contributed by atoms with E-state index in [9.17, 15) is 0 Å². The van der Waals surface area contributed by atoms with Crippen LogP contribution in [0.25, 0.3) is 20.2 Å². The smallest absolute Gasteiger partial charge is 0.141 e. The maximum absolute atomic E-state index is 4.05. The molecule has 1 nitrogen and oxygen atoms in total. The van der Waals surface area contributed by atoms with E-state index in [1.807, 2.05) is 17.4 Å². The van der Waals surface area contributed by atoms with Crippen molar-refractivity contribution < 1.29 is 0 Å². The van der Waals surface area contributed by atoms with Crippen molar-refractivity contribution in [1.82, 2.24) is 0 Å². The van der Waals surface area contributed by atoms with Crippen LogP contribution < -0.4 is 10.8 Å². The number of benzene rings is 2. The summed E-state index contributed by atoms with van der Waals surface area (Å²) < 4.78 is 2.72. The van der Waals surface area contributed by atoms with Gasteiger partial charge in [0.1, 0.15) is 7.85 Å². The first kappa shape index (κ1) is 14.0. The molecule has 104 valence electrons. The zero-order valence-electron chi connectivity index (χ0n) is 12.4. The summed E-state index contributed by atoms with van der Waals surface area (Å²) in [6, 6.07) is 13.0. The van der Waals surface area contributed by atoms with Gasteiger partial charge in [0.2, 0.25) is 0 Å². The molecule has 0 aliphatic heterocycles. The lowest BCUT2D eigenvalue weighted by Crippen LogP contribution is -2.05. The largest absolute Gasteiger partial charge is 0.356 e. The summed E-state index contributed by atoms with van der Waals surface area (Å²) in [5.74, 6) is 0. The molecule has 0 amide bonds. The van der Waals surface area contributed by atoms with Crippen LogP contribution in [0.1, 0.15) is 13.3 Å². The maximum Gasteiger partial charge on any atom is 0.141 e. The highest BCUT2D eigenvalue weighted by molar-refractivity contribution is 7.26. The van der Waals surface area contributed by atoms with Crippen LogP contribution in [0.15, 0.2) is 60.8 Å². The molecule has 0 radical (unpaired) electrons. The molecule has 3 aromatic rings. The number of nitrogens with one attached hydrogen (secondary N) is 1. The Kier molecular flexibility index (Phi) is 3.85. The van der Waals surface area contributed by atoms with Crippen molar-refractivity contribution in [3.8, 4) is 0 Å². The van der Waals surface area contributed by atoms with E-state index >= 15 is 0 Å². The molecule has 0 aliphatic rings. The molecule has 1 N–H and O–H groups in total. The summed E-state index contributed by atoms with van der Waals surface area (Å²) >= 11 is 1.87. The molecule has 0 aliphatic carbocycles. The molecule has 1 aromatic heterocycles. The van der Waals surface area contributed by atoms with Crippen LogP contribution in [-0.2, 0) is 0 Å². The first-order chi connectivity index (χ1) is 10.2. The van der Waals surface area contributed by atoms with Gasteiger partial charge in [-0.2, -0.15) is 0 Å². The molecule has 2 aromatic carbocycles. The number of hydrogen-bond acceptors (Lipinski definition) is 2. The number of thiophene rings is 1. The molecule has 0 unspecified atom stereocenters. The average molecular weight is 291 g/mol. The van der Waals surface area contributed by atoms with Crippen molar-refractivity contribution in [3.63, 3.8) is 0 Å². The van der Waals surface area contributed by atoms with Gasteiger partial charge in [-0.1, -0.05) is 43.2 Å². The first-order valence-corrected chi connectivity index (χ1v) is 8.05. The normalized spacial score (nSPS) is 11.5. The van der Waals surface area contributed by atoms with Gasteiger partial charge >= 0.3 is 0 Å². The van der Waals surface area contributed by atoms with Crippen molar-refractivity contribution in [3.05, 3.63) is 60.8 Å². The summed E-state index contributed by atoms with van der Waals surface area (Å²) in [6.45, 7) is 6.17. The van der Waals surface area contributed by atoms with E-state index in [1.165, 1.54) is 25.6 Å². The molecule has 3 rings (SSSR count). The molecule has 0 saturated carbocycles. The summed E-state index contributed by atoms with van der Waals surface area (Å²) in [6.07, 6.45) is 5.17. The van der Waals surface area contributed by atoms with E-state index in [-0.39, 0.29) is 0 Å². The van der Waals surface area contributed by atoms with E-state index < -0.39 is 0 Å². The Balaban J connectivity index is 2.07. The van der Waals surface area contributed by atoms with Gasteiger partial charge in [-0.05, 0) is 30.7 Å². The second-order valence-corrected chi connectivity index (χ2v) is 6.28. The fourth-order valence-electron chi connectivity index (χ4n) is 2.56. The Morgan fingerprint density at radius 1 is 1.29 bits per heavy atom. The van der Waals surface area contributed by atoms with Crippen molar-refractivity contribution >= 4 is 50.5 Å². The number of rotatable bonds is 4. The monoisotopic (exact) mass is 291 g/mol. The standard InChI is InChI=1S/C18H18BNS/c1-3-4-7-12(2)20-13-10-15-14-8-5-6-9-17(14)21-18(15)16(19)11-13/h4-11,20H,2-3,19H2,1H3/b7-4-. The zero-order chi connectivity index (χ0) is 14.8. The highest BCUT2D eigenvalue weighted by Gasteiger charge is 2.08. The molecule has 3 heteroatoms. The molecule has 1 heterocycles. The van der Waals surface area contributed by atoms with Gasteiger partial charge in [-0.15, -0.1) is 11.3 Å². The van der Waals surface area contributed by atoms with Gasteiger partial charge in [0, 0.05) is 31.6 Å². The van der Waals surface area contributed by atoms with Crippen LogP contribution in [0.2, 0.25) is 0 Å². The van der Waals surface area contributed by atoms with E-state index in [0.717, 1.165) is 17.8 Å². The lowest BCUT2D eigenvalue weighted by molar-refractivity contribution is 1.22. The van der Waals surface area contributed by atoms with E-state index in [0.29, 0.717) is 0 Å². The fourth-order valence-corrected chi connectivity index (χ4v) is 3.71. The van der Waals surface area contributed by atoms with Crippen LogP contribution in [0.4, 0.5) is 5.69 Å². The molecule has 0 fully saturated rings. The highest BCUT2D eigenvalue weighted by atomic mass is 32.1. The van der Waals surface area contributed by atoms with Crippen LogP contribution in [0, 0.1) is 0 Å². The van der Waals surface area contributed by atoms with E-state index in [1.54, 1.807) is 0 Å². The van der Waals surface area contributed by atoms with Crippen LogP contribution in [0.3, 0.4) is 0 Å². The summed E-state index contributed by atoms with van der Waals surface area (Å²) in [5.41, 5.74) is 3.34. The summed E-state index contributed by atoms with van der Waals surface area (Å²) in [5, 5.41) is 6.04. The number of fused-ring (bicyclic) bond motifs is 3. The van der Waals surface area contributed by atoms with Gasteiger partial charge in [-0.25, -0.2) is 0 Å². The predicted octanol–water partition coefficient (Wildman–Crippen LogP) is 4.20. The van der Waals surface area contributed by atoms with Crippen molar-refractivity contribution in [2.45, 2.75) is 13.3 Å². The third kappa shape index (κ3) is 2.74. The molecule has 0 atom stereocenters. The summed E-state index contributed by atoms with van der Waals surface area (Å²) in [7, 11) is 2.17. The molecule has 0 saturated heterocycles. The van der Waals surface area contributed by atoms with Crippen LogP contribution >= 0.6 is 11.3 Å². The molecule has 0 spiro atoms. The maximum atomic E-state index is 4.05. The third-order valence-electron chi connectivity index (χ3n) is 3.52. The number of hydrogen-bond donors (Lipinski definition) is 1. The minimum Gasteiger partial charge on any atom is -0.356 e. The Bertz CT molecular complexity index is 845. The average Bonchev–Trinajstić information content (AvgIpc) is 2.85. The first-order valence-electron chi connectivity index (χ1n) is 7.23. The number of allylic oxidation sites excluding steroid dienone is 2. The molecule has 21 heavy (non-hydrogen) atoms. The Labute approximate surface area is 130 Å². The Morgan fingerprint density at radius 3 is 2.90 bits per heavy atom. The topological polar surface area (TPSA) is 12.0 Å². The van der Waals surface area contributed by atoms with Crippen molar-refractivity contribution in [2.24, 2.45) is 0 Å². The van der Waals surface area contributed by atoms with Crippen LogP contribution in [0.5, 0.6) is 0 Å². The highest BCUT2D eigenvalue weighted by Crippen LogP contribution is 2.34. The van der Waals surface area contributed by atoms with E-state index in [2.05, 4.69) is 69.1 Å². The van der Waals surface area contributed by atoms with Crippen LogP contribution in [-0.4, -0.2) is 7.85 Å². The second kappa shape index (κ2) is 5.78. The molecular formula is C18H18BNS. The van der Waals surface area contributed by atoms with Crippen molar-refractivity contribution in [2.75, 3.05) is 5.32 Å². The SMILES string of the molecule is Bc1cc(NC(=C)/C=C\CC)cc2c1sc1ccccc12. The van der Waals surface area contributed by atoms with Gasteiger partial charge in [0.25, 0.3) is 0 Å². The lowest BCUT2D eigenvalue weighted by atomic mass is 9.93. The number of anilines is 1. The second-order valence-electron chi connectivity index (χ2n) is 5.23. The van der Waals surface area contributed by atoms with Gasteiger partial charge < -0.3 is 5.32 Å². The third-order valence-corrected chi connectivity index (χ3v) is 4.85. The summed E-state index contributed by atoms with van der Waals surface area (Å²) in [4.78, 5) is 0.